The van der Waals surface area contributed by atoms with E-state index >= 15 is 0 Å². The highest BCUT2D eigenvalue weighted by Crippen LogP contribution is 2.48. The van der Waals surface area contributed by atoms with E-state index in [4.69, 9.17) is 19.9 Å². The van der Waals surface area contributed by atoms with E-state index in [1.807, 2.05) is 24.3 Å². The zero-order valence-corrected chi connectivity index (χ0v) is 22.4. The molecule has 0 aliphatic heterocycles. The number of rotatable bonds is 8. The molecule has 0 bridgehead atoms. The summed E-state index contributed by atoms with van der Waals surface area (Å²) in [7, 11) is 2.91. The zero-order chi connectivity index (χ0) is 24.8. The van der Waals surface area contributed by atoms with Crippen LogP contribution in [0.3, 0.4) is 0 Å². The van der Waals surface area contributed by atoms with Crippen molar-refractivity contribution in [1.29, 1.82) is 0 Å². The number of nitrogens with two attached hydrogens (primary N) is 1. The second-order valence-corrected chi connectivity index (χ2v) is 9.24. The summed E-state index contributed by atoms with van der Waals surface area (Å²) in [5.41, 5.74) is 6.99. The van der Waals surface area contributed by atoms with Crippen molar-refractivity contribution in [1.82, 2.24) is 0 Å². The van der Waals surface area contributed by atoms with Gasteiger partial charge in [-0.05, 0) is 50.0 Å². The molecular weight excluding hydrogens is 538 g/mol. The summed E-state index contributed by atoms with van der Waals surface area (Å²) in [5, 5.41) is 11.4. The molecule has 3 atom stereocenters. The number of benzene rings is 2. The Labute approximate surface area is 220 Å². The Balaban J connectivity index is 0.00000432. The fourth-order valence-electron chi connectivity index (χ4n) is 4.25. The molecule has 9 heteroatoms. The van der Waals surface area contributed by atoms with Crippen molar-refractivity contribution in [2.45, 2.75) is 50.7 Å². The number of hydrogen-bond acceptors (Lipinski definition) is 7. The fraction of sp³-hybridized carbons (Fsp3) is 0.385. The molecule has 3 N–H and O–H groups in total. The molecule has 0 saturated heterocycles. The lowest BCUT2D eigenvalue weighted by Crippen LogP contribution is -2.36. The Kier molecular flexibility index (Phi) is 10.6. The van der Waals surface area contributed by atoms with Crippen molar-refractivity contribution >= 4 is 46.2 Å². The molecule has 0 spiro atoms. The van der Waals surface area contributed by atoms with E-state index in [0.717, 1.165) is 22.9 Å². The van der Waals surface area contributed by atoms with Crippen molar-refractivity contribution in [2.75, 3.05) is 14.2 Å². The number of carbonyl (C=O) groups is 2. The SMILES string of the molecule is COc1cc(OC)c([C@@H]2CCCC[C@H]2OC(=O)[C@H](C)N)c(O)c1C(=O)/C=C/c1cccc(Br)c1.Cl. The lowest BCUT2D eigenvalue weighted by molar-refractivity contribution is -0.152. The van der Waals surface area contributed by atoms with Crippen LogP contribution in [0.2, 0.25) is 0 Å². The molecule has 3 rings (SSSR count). The molecule has 1 aliphatic rings. The van der Waals surface area contributed by atoms with Crippen LogP contribution in [-0.4, -0.2) is 43.2 Å². The molecule has 2 aromatic rings. The Morgan fingerprint density at radius 3 is 2.46 bits per heavy atom. The summed E-state index contributed by atoms with van der Waals surface area (Å²) < 4.78 is 17.6. The van der Waals surface area contributed by atoms with E-state index in [0.29, 0.717) is 24.2 Å². The average Bonchev–Trinajstić information content (AvgIpc) is 2.82. The number of phenolic OH excluding ortho intramolecular Hbond substituents is 1. The molecule has 0 radical (unpaired) electrons. The first-order valence-corrected chi connectivity index (χ1v) is 12.0. The van der Waals surface area contributed by atoms with Gasteiger partial charge in [-0.3, -0.25) is 9.59 Å². The molecule has 0 unspecified atom stereocenters. The minimum Gasteiger partial charge on any atom is -0.507 e. The van der Waals surface area contributed by atoms with Crippen molar-refractivity contribution in [2.24, 2.45) is 5.73 Å². The van der Waals surface area contributed by atoms with Gasteiger partial charge in [0.1, 0.15) is 35.0 Å². The number of halogens is 2. The van der Waals surface area contributed by atoms with Gasteiger partial charge in [-0.15, -0.1) is 12.4 Å². The second-order valence-electron chi connectivity index (χ2n) is 8.33. The Morgan fingerprint density at radius 1 is 1.14 bits per heavy atom. The third-order valence-corrected chi connectivity index (χ3v) is 6.43. The van der Waals surface area contributed by atoms with Gasteiger partial charge < -0.3 is 25.1 Å². The summed E-state index contributed by atoms with van der Waals surface area (Å²) in [5.74, 6) is -0.931. The molecule has 1 fully saturated rings. The molecule has 35 heavy (non-hydrogen) atoms. The minimum atomic E-state index is -0.755. The molecule has 0 heterocycles. The van der Waals surface area contributed by atoms with Gasteiger partial charge >= 0.3 is 5.97 Å². The highest BCUT2D eigenvalue weighted by Gasteiger charge is 2.36. The van der Waals surface area contributed by atoms with Crippen LogP contribution >= 0.6 is 28.3 Å². The van der Waals surface area contributed by atoms with Crippen LogP contribution in [0, 0.1) is 0 Å². The summed E-state index contributed by atoms with van der Waals surface area (Å²) in [6.07, 6.45) is 5.64. The van der Waals surface area contributed by atoms with Gasteiger partial charge in [-0.25, -0.2) is 0 Å². The number of ether oxygens (including phenoxy) is 3. The summed E-state index contributed by atoms with van der Waals surface area (Å²) >= 11 is 3.41. The van der Waals surface area contributed by atoms with Gasteiger partial charge in [0.15, 0.2) is 5.78 Å². The smallest absolute Gasteiger partial charge is 0.322 e. The Morgan fingerprint density at radius 2 is 1.83 bits per heavy atom. The summed E-state index contributed by atoms with van der Waals surface area (Å²) in [4.78, 5) is 25.4. The van der Waals surface area contributed by atoms with Crippen LogP contribution in [0.25, 0.3) is 6.08 Å². The maximum absolute atomic E-state index is 13.2. The largest absolute Gasteiger partial charge is 0.507 e. The van der Waals surface area contributed by atoms with Crippen LogP contribution in [0.15, 0.2) is 40.9 Å². The Hall–Kier alpha value is -2.55. The number of carbonyl (C=O) groups excluding carboxylic acids is 2. The van der Waals surface area contributed by atoms with Crippen LogP contribution in [-0.2, 0) is 9.53 Å². The predicted molar refractivity (Wildman–Crippen MR) is 141 cm³/mol. The predicted octanol–water partition coefficient (Wildman–Crippen LogP) is 5.41. The molecule has 0 aromatic heterocycles. The van der Waals surface area contributed by atoms with Crippen molar-refractivity contribution < 1.29 is 28.9 Å². The second kappa shape index (κ2) is 13.0. The van der Waals surface area contributed by atoms with Crippen LogP contribution in [0.5, 0.6) is 17.2 Å². The first kappa shape index (κ1) is 28.7. The topological polar surface area (TPSA) is 108 Å². The number of phenols is 1. The van der Waals surface area contributed by atoms with E-state index in [1.165, 1.54) is 20.3 Å². The van der Waals surface area contributed by atoms with Gasteiger partial charge in [-0.2, -0.15) is 0 Å². The lowest BCUT2D eigenvalue weighted by Gasteiger charge is -2.33. The van der Waals surface area contributed by atoms with Gasteiger partial charge in [0.05, 0.1) is 14.2 Å². The van der Waals surface area contributed by atoms with E-state index in [-0.39, 0.29) is 35.4 Å². The number of allylic oxidation sites excluding steroid dienone is 1. The molecule has 1 saturated carbocycles. The first-order valence-electron chi connectivity index (χ1n) is 11.2. The normalized spacial score (nSPS) is 18.4. The zero-order valence-electron chi connectivity index (χ0n) is 20.0. The van der Waals surface area contributed by atoms with Crippen LogP contribution < -0.4 is 15.2 Å². The molecule has 0 amide bonds. The number of aromatic hydroxyl groups is 1. The maximum Gasteiger partial charge on any atom is 0.322 e. The van der Waals surface area contributed by atoms with E-state index in [1.54, 1.807) is 19.1 Å². The third kappa shape index (κ3) is 6.78. The van der Waals surface area contributed by atoms with E-state index in [2.05, 4.69) is 15.9 Å². The number of ketones is 1. The van der Waals surface area contributed by atoms with Gasteiger partial charge in [0.25, 0.3) is 0 Å². The maximum atomic E-state index is 13.2. The average molecular weight is 569 g/mol. The van der Waals surface area contributed by atoms with E-state index in [9.17, 15) is 14.7 Å². The number of methoxy groups -OCH3 is 2. The summed E-state index contributed by atoms with van der Waals surface area (Å²) in [6.45, 7) is 1.57. The highest BCUT2D eigenvalue weighted by atomic mass is 79.9. The minimum absolute atomic E-state index is 0. The standard InChI is InChI=1S/C26H30BrNO6.ClH/c1-15(28)26(31)34-20-10-5-4-9-18(20)23-21(32-2)14-22(33-3)24(25(23)30)19(29)12-11-16-7-6-8-17(27)13-16;/h6-8,11-15,18,20,30H,4-5,9-10,28H2,1-3H3;1H/b12-11+;/t15-,18+,20+;/m0./s1. The third-order valence-electron chi connectivity index (χ3n) is 5.94. The lowest BCUT2D eigenvalue weighted by atomic mass is 9.79. The van der Waals surface area contributed by atoms with E-state index < -0.39 is 23.9 Å². The van der Waals surface area contributed by atoms with Gasteiger partial charge in [-0.1, -0.05) is 40.6 Å². The molecule has 7 nitrogen and oxygen atoms in total. The van der Waals surface area contributed by atoms with Gasteiger partial charge in [0.2, 0.25) is 0 Å². The quantitative estimate of drug-likeness (QED) is 0.249. The molecule has 190 valence electrons. The molecule has 1 aliphatic carbocycles. The first-order chi connectivity index (χ1) is 16.3. The van der Waals surface area contributed by atoms with Crippen molar-refractivity contribution in [3.63, 3.8) is 0 Å². The monoisotopic (exact) mass is 567 g/mol. The van der Waals surface area contributed by atoms with Crippen LogP contribution in [0.1, 0.15) is 60.0 Å². The summed E-state index contributed by atoms with van der Waals surface area (Å²) in [6, 6.07) is 8.33. The van der Waals surface area contributed by atoms with Crippen molar-refractivity contribution in [3.05, 3.63) is 57.6 Å². The molecule has 2 aromatic carbocycles. The highest BCUT2D eigenvalue weighted by molar-refractivity contribution is 9.10. The van der Waals surface area contributed by atoms with Crippen molar-refractivity contribution in [3.8, 4) is 17.2 Å². The number of hydrogen-bond donors (Lipinski definition) is 2. The van der Waals surface area contributed by atoms with Crippen LogP contribution in [0.4, 0.5) is 0 Å². The van der Waals surface area contributed by atoms with Gasteiger partial charge in [0, 0.05) is 22.0 Å². The fourth-order valence-corrected chi connectivity index (χ4v) is 4.67. The molecular formula is C26H31BrClNO6. The number of esters is 1. The Bertz CT molecular complexity index is 1090.